The second-order valence-corrected chi connectivity index (χ2v) is 5.33. The molecule has 0 aliphatic heterocycles. The fourth-order valence-electron chi connectivity index (χ4n) is 2.46. The molecule has 6 nitrogen and oxygen atoms in total. The van der Waals surface area contributed by atoms with E-state index in [1.54, 1.807) is 38.4 Å². The third-order valence-corrected chi connectivity index (χ3v) is 3.80. The smallest absolute Gasteiger partial charge is 0.246 e. The van der Waals surface area contributed by atoms with Crippen LogP contribution < -0.4 is 21.1 Å². The van der Waals surface area contributed by atoms with E-state index < -0.39 is 6.04 Å². The Morgan fingerprint density at radius 3 is 2.52 bits per heavy atom. The Balaban J connectivity index is 2.15. The van der Waals surface area contributed by atoms with E-state index in [0.717, 1.165) is 11.1 Å². The number of methoxy groups -OCH3 is 1. The normalized spacial score (nSPS) is 12.3. The number of hydrogen-bond acceptors (Lipinski definition) is 5. The van der Waals surface area contributed by atoms with E-state index in [2.05, 4.69) is 10.6 Å². The van der Waals surface area contributed by atoms with Crippen LogP contribution in [0.25, 0.3) is 5.57 Å². The van der Waals surface area contributed by atoms with Crippen molar-refractivity contribution in [3.8, 4) is 5.75 Å². The van der Waals surface area contributed by atoms with Crippen molar-refractivity contribution in [2.45, 2.75) is 6.04 Å². The van der Waals surface area contributed by atoms with Crippen LogP contribution in [0.5, 0.6) is 5.75 Å². The molecule has 2 rings (SSSR count). The van der Waals surface area contributed by atoms with Crippen molar-refractivity contribution in [2.24, 2.45) is 5.73 Å². The molecule has 0 fully saturated rings. The Labute approximate surface area is 147 Å². The predicted molar refractivity (Wildman–Crippen MR) is 101 cm³/mol. The Morgan fingerprint density at radius 1 is 1.24 bits per heavy atom. The van der Waals surface area contributed by atoms with Gasteiger partial charge < -0.3 is 26.5 Å². The first-order valence-corrected chi connectivity index (χ1v) is 7.77. The van der Waals surface area contributed by atoms with Gasteiger partial charge in [-0.05, 0) is 42.4 Å². The molecule has 2 aromatic rings. The zero-order chi connectivity index (χ0) is 18.2. The number of likely N-dealkylation sites (N-methyl/N-ethyl adjacent to an activating group) is 1. The predicted octanol–water partition coefficient (Wildman–Crippen LogP) is 2.54. The molecule has 1 atom stereocenters. The number of carbonyl (C=O) groups excluding carboxylic acids is 1. The first-order chi connectivity index (χ1) is 12.1. The summed E-state index contributed by atoms with van der Waals surface area (Å²) in [5.41, 5.74) is 8.38. The molecule has 0 aliphatic carbocycles. The number of nitrogens with one attached hydrogen (secondary N) is 3. The molecule has 0 aliphatic rings. The lowest BCUT2D eigenvalue weighted by atomic mass is 10.1. The minimum absolute atomic E-state index is 0.176. The second-order valence-electron chi connectivity index (χ2n) is 5.33. The summed E-state index contributed by atoms with van der Waals surface area (Å²) in [6, 6.07) is 14.0. The molecule has 0 saturated carbocycles. The summed E-state index contributed by atoms with van der Waals surface area (Å²) < 4.78 is 5.21. The lowest BCUT2D eigenvalue weighted by Gasteiger charge is -2.17. The lowest BCUT2D eigenvalue weighted by Crippen LogP contribution is -2.30. The summed E-state index contributed by atoms with van der Waals surface area (Å²) in [5, 5.41) is 13.2. The average molecular weight is 338 g/mol. The molecule has 0 heterocycles. The number of ether oxygens (including phenoxy) is 1. The maximum Gasteiger partial charge on any atom is 0.246 e. The molecule has 5 N–H and O–H groups in total. The zero-order valence-corrected chi connectivity index (χ0v) is 14.2. The van der Waals surface area contributed by atoms with Crippen molar-refractivity contribution in [1.29, 1.82) is 5.41 Å². The van der Waals surface area contributed by atoms with E-state index in [4.69, 9.17) is 15.9 Å². The molecule has 1 unspecified atom stereocenters. The molecule has 0 bridgehead atoms. The molecule has 2 aromatic carbocycles. The van der Waals surface area contributed by atoms with Gasteiger partial charge in [0.15, 0.2) is 0 Å². The van der Waals surface area contributed by atoms with E-state index in [-0.39, 0.29) is 5.91 Å². The van der Waals surface area contributed by atoms with E-state index in [9.17, 15) is 4.79 Å². The summed E-state index contributed by atoms with van der Waals surface area (Å²) in [7, 11) is 3.32. The fourth-order valence-corrected chi connectivity index (χ4v) is 2.46. The van der Waals surface area contributed by atoms with Crippen LogP contribution in [0.4, 0.5) is 5.69 Å². The summed E-state index contributed by atoms with van der Waals surface area (Å²) in [6.45, 7) is 0. The third kappa shape index (κ3) is 4.45. The maximum absolute atomic E-state index is 12.6. The molecule has 0 spiro atoms. The number of allylic oxidation sites excluding steroid dienone is 1. The van der Waals surface area contributed by atoms with Crippen molar-refractivity contribution in [3.63, 3.8) is 0 Å². The van der Waals surface area contributed by atoms with Crippen LogP contribution in [-0.4, -0.2) is 26.3 Å². The molecular formula is C19H22N4O2. The summed E-state index contributed by atoms with van der Waals surface area (Å²) in [6.07, 6.45) is 2.56. The van der Waals surface area contributed by atoms with Crippen molar-refractivity contribution in [2.75, 3.05) is 19.5 Å². The topological polar surface area (TPSA) is 100 Å². The standard InChI is InChI=1S/C19H22N4O2/c1-22-18(14-4-3-5-17(10-14)25-2)19(24)23-16-8-6-13(7-9-16)15(11-20)12-21/h3-12,18,20,22H,21H2,1-2H3,(H,23,24)/b15-12+,20-11?. The largest absolute Gasteiger partial charge is 0.497 e. The van der Waals surface area contributed by atoms with Crippen LogP contribution in [0.2, 0.25) is 0 Å². The average Bonchev–Trinajstić information content (AvgIpc) is 2.65. The van der Waals surface area contributed by atoms with Crippen molar-refractivity contribution < 1.29 is 9.53 Å². The highest BCUT2D eigenvalue weighted by Gasteiger charge is 2.19. The Morgan fingerprint density at radius 2 is 1.96 bits per heavy atom. The van der Waals surface area contributed by atoms with Crippen LogP contribution in [0.1, 0.15) is 17.2 Å². The van der Waals surface area contributed by atoms with Crippen molar-refractivity contribution in [3.05, 3.63) is 65.9 Å². The van der Waals surface area contributed by atoms with Crippen LogP contribution in [0.3, 0.4) is 0 Å². The molecule has 1 amide bonds. The number of hydrogen-bond donors (Lipinski definition) is 4. The highest BCUT2D eigenvalue weighted by atomic mass is 16.5. The van der Waals surface area contributed by atoms with E-state index >= 15 is 0 Å². The summed E-state index contributed by atoms with van der Waals surface area (Å²) in [4.78, 5) is 12.6. The number of carbonyl (C=O) groups is 1. The van der Waals surface area contributed by atoms with Gasteiger partial charge in [0.2, 0.25) is 5.91 Å². The third-order valence-electron chi connectivity index (χ3n) is 3.80. The Hall–Kier alpha value is -3.12. The van der Waals surface area contributed by atoms with Gasteiger partial charge in [-0.1, -0.05) is 24.3 Å². The van der Waals surface area contributed by atoms with Gasteiger partial charge in [0.05, 0.1) is 7.11 Å². The lowest BCUT2D eigenvalue weighted by molar-refractivity contribution is -0.118. The molecular weight excluding hydrogens is 316 g/mol. The van der Waals surface area contributed by atoms with Gasteiger partial charge in [-0.15, -0.1) is 0 Å². The monoisotopic (exact) mass is 338 g/mol. The van der Waals surface area contributed by atoms with Gasteiger partial charge in [0.1, 0.15) is 11.8 Å². The quantitative estimate of drug-likeness (QED) is 0.583. The number of amides is 1. The first-order valence-electron chi connectivity index (χ1n) is 7.77. The number of anilines is 1. The SMILES string of the molecule is CNC(C(=O)Nc1ccc(/C(C=N)=C/N)cc1)c1cccc(OC)c1. The second kappa shape index (κ2) is 8.65. The van der Waals surface area contributed by atoms with Gasteiger partial charge in [-0.2, -0.15) is 0 Å². The fraction of sp³-hybridized carbons (Fsp3) is 0.158. The van der Waals surface area contributed by atoms with Crippen molar-refractivity contribution in [1.82, 2.24) is 5.32 Å². The van der Waals surface area contributed by atoms with Gasteiger partial charge in [0, 0.05) is 23.7 Å². The van der Waals surface area contributed by atoms with Gasteiger partial charge >= 0.3 is 0 Å². The van der Waals surface area contributed by atoms with Gasteiger partial charge in [-0.3, -0.25) is 4.79 Å². The highest BCUT2D eigenvalue weighted by molar-refractivity contribution is 6.08. The first kappa shape index (κ1) is 18.2. The minimum atomic E-state index is -0.504. The van der Waals surface area contributed by atoms with Crippen LogP contribution in [0.15, 0.2) is 54.7 Å². The summed E-state index contributed by atoms with van der Waals surface area (Å²) >= 11 is 0. The van der Waals surface area contributed by atoms with E-state index in [1.807, 2.05) is 24.3 Å². The Bertz CT molecular complexity index is 769. The van der Waals surface area contributed by atoms with E-state index in [1.165, 1.54) is 12.4 Å². The minimum Gasteiger partial charge on any atom is -0.497 e. The highest BCUT2D eigenvalue weighted by Crippen LogP contribution is 2.21. The number of benzene rings is 2. The zero-order valence-electron chi connectivity index (χ0n) is 14.2. The molecule has 0 saturated heterocycles. The Kier molecular flexibility index (Phi) is 6.31. The van der Waals surface area contributed by atoms with Crippen molar-refractivity contribution >= 4 is 23.4 Å². The summed E-state index contributed by atoms with van der Waals surface area (Å²) in [5.74, 6) is 0.521. The van der Waals surface area contributed by atoms with Crippen LogP contribution >= 0.6 is 0 Å². The van der Waals surface area contributed by atoms with Gasteiger partial charge in [0.25, 0.3) is 0 Å². The molecule has 0 radical (unpaired) electrons. The molecule has 25 heavy (non-hydrogen) atoms. The maximum atomic E-state index is 12.6. The van der Waals surface area contributed by atoms with E-state index in [0.29, 0.717) is 17.0 Å². The van der Waals surface area contributed by atoms with Crippen LogP contribution in [-0.2, 0) is 4.79 Å². The molecule has 6 heteroatoms. The number of rotatable bonds is 7. The molecule has 130 valence electrons. The van der Waals surface area contributed by atoms with Gasteiger partial charge in [-0.25, -0.2) is 0 Å². The van der Waals surface area contributed by atoms with Crippen LogP contribution in [0, 0.1) is 5.41 Å². The number of nitrogens with two attached hydrogens (primary N) is 1. The molecule has 0 aromatic heterocycles.